The van der Waals surface area contributed by atoms with Crippen LogP contribution in [0.15, 0.2) is 30.5 Å². The first-order valence-corrected chi connectivity index (χ1v) is 8.00. The van der Waals surface area contributed by atoms with Gasteiger partial charge in [-0.25, -0.2) is 4.79 Å². The molecule has 0 aliphatic carbocycles. The molecule has 1 aromatic carbocycles. The zero-order valence-corrected chi connectivity index (χ0v) is 18.0. The van der Waals surface area contributed by atoms with E-state index in [0.29, 0.717) is 6.61 Å². The van der Waals surface area contributed by atoms with Crippen LogP contribution in [0.2, 0.25) is 0 Å². The van der Waals surface area contributed by atoms with Crippen molar-refractivity contribution in [1.29, 1.82) is 0 Å². The van der Waals surface area contributed by atoms with Crippen LogP contribution in [0, 0.1) is 20.8 Å². The van der Waals surface area contributed by atoms with Gasteiger partial charge in [-0.3, -0.25) is 4.79 Å². The molecular formula is C18H24N3O3Y+. The fourth-order valence-corrected chi connectivity index (χ4v) is 2.58. The van der Waals surface area contributed by atoms with Crippen LogP contribution in [-0.2, 0) is 60.1 Å². The topological polar surface area (TPSA) is 64.2 Å². The van der Waals surface area contributed by atoms with Gasteiger partial charge in [0.15, 0.2) is 12.7 Å². The standard InChI is InChI=1S/C18H23N3O3.Y/c1-5-24-17(23)12-21-15(4)9-10-20(21)11-16(22)19-18-13(2)7-6-8-14(18)3;/h6-10H,5,11-12H2,1-4H3;/p+1. The van der Waals surface area contributed by atoms with Crippen molar-refractivity contribution in [2.75, 3.05) is 11.9 Å². The average molecular weight is 419 g/mol. The van der Waals surface area contributed by atoms with Gasteiger partial charge in [0.2, 0.25) is 6.54 Å². The van der Waals surface area contributed by atoms with Gasteiger partial charge in [0.05, 0.1) is 12.3 Å². The first kappa shape index (κ1) is 21.5. The van der Waals surface area contributed by atoms with Crippen molar-refractivity contribution in [2.45, 2.75) is 40.8 Å². The molecule has 1 aromatic heterocycles. The van der Waals surface area contributed by atoms with Crippen LogP contribution in [0.4, 0.5) is 5.69 Å². The Kier molecular flexibility index (Phi) is 8.46. The van der Waals surface area contributed by atoms with E-state index >= 15 is 0 Å². The summed E-state index contributed by atoms with van der Waals surface area (Å²) in [6.45, 7) is 8.13. The number of nitrogens with one attached hydrogen (secondary N) is 1. The number of anilines is 1. The number of ether oxygens (including phenoxy) is 1. The van der Waals surface area contributed by atoms with E-state index in [1.165, 1.54) is 0 Å². The Bertz CT molecular complexity index is 736. The van der Waals surface area contributed by atoms with Gasteiger partial charge in [0, 0.05) is 44.5 Å². The SMILES string of the molecule is CCOC(=O)Cn1c(C)cc[n+]1CC(=O)Nc1c(C)cccc1C.[Y]. The van der Waals surface area contributed by atoms with Crippen molar-refractivity contribution in [3.63, 3.8) is 0 Å². The molecule has 2 rings (SSSR count). The smallest absolute Gasteiger partial charge is 0.331 e. The van der Waals surface area contributed by atoms with Gasteiger partial charge in [-0.05, 0) is 38.8 Å². The van der Waals surface area contributed by atoms with E-state index in [1.54, 1.807) is 22.5 Å². The Morgan fingerprint density at radius 1 is 1.16 bits per heavy atom. The third-order valence-electron chi connectivity index (χ3n) is 3.84. The Hall–Kier alpha value is -1.53. The van der Waals surface area contributed by atoms with Crippen LogP contribution in [0.5, 0.6) is 0 Å². The van der Waals surface area contributed by atoms with Crippen LogP contribution < -0.4 is 10.00 Å². The first-order chi connectivity index (χ1) is 11.4. The van der Waals surface area contributed by atoms with E-state index in [4.69, 9.17) is 4.74 Å². The van der Waals surface area contributed by atoms with E-state index in [2.05, 4.69) is 5.32 Å². The van der Waals surface area contributed by atoms with Gasteiger partial charge in [-0.15, -0.1) is 9.36 Å². The summed E-state index contributed by atoms with van der Waals surface area (Å²) in [5, 5.41) is 2.95. The van der Waals surface area contributed by atoms with Crippen molar-refractivity contribution < 1.29 is 51.7 Å². The maximum atomic E-state index is 12.4. The maximum Gasteiger partial charge on any atom is 0.331 e. The summed E-state index contributed by atoms with van der Waals surface area (Å²) in [6, 6.07) is 7.75. The molecule has 0 saturated carbocycles. The number of nitrogens with zero attached hydrogens (tertiary/aromatic N) is 2. The van der Waals surface area contributed by atoms with Crippen molar-refractivity contribution in [3.05, 3.63) is 47.3 Å². The molecular weight excluding hydrogens is 395 g/mol. The van der Waals surface area contributed by atoms with Crippen molar-refractivity contribution in [2.24, 2.45) is 0 Å². The molecule has 2 aromatic rings. The molecule has 0 spiro atoms. The molecule has 6 nitrogen and oxygen atoms in total. The number of esters is 1. The number of aromatic nitrogens is 2. The second kappa shape index (κ2) is 9.83. The number of rotatable bonds is 6. The third-order valence-corrected chi connectivity index (χ3v) is 3.84. The third kappa shape index (κ3) is 5.75. The number of benzene rings is 1. The second-order valence-corrected chi connectivity index (χ2v) is 5.73. The predicted octanol–water partition coefficient (Wildman–Crippen LogP) is 1.90. The summed E-state index contributed by atoms with van der Waals surface area (Å²) in [6.07, 6.45) is 1.79. The van der Waals surface area contributed by atoms with Gasteiger partial charge in [-0.2, -0.15) is 0 Å². The van der Waals surface area contributed by atoms with Gasteiger partial charge in [0.1, 0.15) is 0 Å². The number of para-hydroxylation sites is 1. The number of aryl methyl sites for hydroxylation is 3. The first-order valence-electron chi connectivity index (χ1n) is 8.00. The average Bonchev–Trinajstić information content (AvgIpc) is 2.84. The van der Waals surface area contributed by atoms with Crippen molar-refractivity contribution >= 4 is 17.6 Å². The Morgan fingerprint density at radius 2 is 1.80 bits per heavy atom. The summed E-state index contributed by atoms with van der Waals surface area (Å²) < 4.78 is 8.44. The fraction of sp³-hybridized carbons (Fsp3) is 0.389. The van der Waals surface area contributed by atoms with Crippen LogP contribution in [0.25, 0.3) is 0 Å². The molecule has 1 N–H and O–H groups in total. The van der Waals surface area contributed by atoms with E-state index in [1.807, 2.05) is 45.0 Å². The zero-order valence-electron chi connectivity index (χ0n) is 15.2. The molecule has 0 bridgehead atoms. The molecule has 0 atom stereocenters. The molecule has 0 aliphatic heterocycles. The number of hydrogen-bond donors (Lipinski definition) is 1. The number of carbonyl (C=O) groups excluding carboxylic acids is 2. The number of amides is 1. The van der Waals surface area contributed by atoms with E-state index in [9.17, 15) is 9.59 Å². The number of hydrogen-bond acceptors (Lipinski definition) is 3. The van der Waals surface area contributed by atoms with E-state index < -0.39 is 0 Å². The van der Waals surface area contributed by atoms with E-state index in [0.717, 1.165) is 22.5 Å². The Morgan fingerprint density at radius 3 is 2.40 bits per heavy atom. The molecule has 0 saturated heterocycles. The molecule has 131 valence electrons. The van der Waals surface area contributed by atoms with Gasteiger partial charge in [-0.1, -0.05) is 18.2 Å². The minimum Gasteiger partial charge on any atom is -0.464 e. The minimum absolute atomic E-state index is 0. The quantitative estimate of drug-likeness (QED) is 0.575. The monoisotopic (exact) mass is 419 g/mol. The maximum absolute atomic E-state index is 12.4. The molecule has 1 heterocycles. The summed E-state index contributed by atoms with van der Waals surface area (Å²) in [7, 11) is 0. The minimum atomic E-state index is -0.319. The number of carbonyl (C=O) groups is 2. The van der Waals surface area contributed by atoms with E-state index in [-0.39, 0.29) is 57.7 Å². The van der Waals surface area contributed by atoms with Crippen molar-refractivity contribution in [1.82, 2.24) is 4.68 Å². The fourth-order valence-electron chi connectivity index (χ4n) is 2.58. The zero-order chi connectivity index (χ0) is 17.7. The molecule has 7 heteroatoms. The van der Waals surface area contributed by atoms with Gasteiger partial charge >= 0.3 is 5.97 Å². The molecule has 0 unspecified atom stereocenters. The Labute approximate surface area is 173 Å². The normalized spacial score (nSPS) is 10.1. The molecule has 1 amide bonds. The molecule has 0 fully saturated rings. The summed E-state index contributed by atoms with van der Waals surface area (Å²) in [5.41, 5.74) is 3.77. The van der Waals surface area contributed by atoms with Crippen LogP contribution >= 0.6 is 0 Å². The summed E-state index contributed by atoms with van der Waals surface area (Å²) >= 11 is 0. The van der Waals surface area contributed by atoms with Gasteiger partial charge in [0.25, 0.3) is 5.91 Å². The van der Waals surface area contributed by atoms with Crippen LogP contribution in [-0.4, -0.2) is 23.2 Å². The van der Waals surface area contributed by atoms with Crippen molar-refractivity contribution in [3.8, 4) is 0 Å². The second-order valence-electron chi connectivity index (χ2n) is 5.73. The molecule has 0 aliphatic rings. The largest absolute Gasteiger partial charge is 0.464 e. The predicted molar refractivity (Wildman–Crippen MR) is 90.5 cm³/mol. The van der Waals surface area contributed by atoms with Crippen LogP contribution in [0.1, 0.15) is 23.7 Å². The molecule has 1 radical (unpaired) electrons. The summed E-state index contributed by atoms with van der Waals surface area (Å²) in [4.78, 5) is 24.1. The summed E-state index contributed by atoms with van der Waals surface area (Å²) in [5.74, 6) is -0.457. The Balaban J connectivity index is 0.00000312. The van der Waals surface area contributed by atoms with Gasteiger partial charge < -0.3 is 10.1 Å². The van der Waals surface area contributed by atoms with Crippen LogP contribution in [0.3, 0.4) is 0 Å². The molecule has 25 heavy (non-hydrogen) atoms.